The molecule has 7 nitrogen and oxygen atoms in total. The van der Waals surface area contributed by atoms with Crippen molar-refractivity contribution in [1.29, 1.82) is 0 Å². The Bertz CT molecular complexity index is 1210. The first-order valence-electron chi connectivity index (χ1n) is 11.1. The van der Waals surface area contributed by atoms with Crippen LogP contribution in [0, 0.1) is 5.82 Å². The molecule has 0 N–H and O–H groups in total. The standard InChI is InChI=1S/C26H26FN3O4S/c1-33-14-13-29(26(32)18-8-3-5-10-20(18)27)17-25(31)30-22(19-9-4-6-11-23(19)34-2)16-21(28-30)24-12-7-15-35-24/h3-12,15,22H,13-14,16-17H2,1-2H3. The highest BCUT2D eigenvalue weighted by molar-refractivity contribution is 7.12. The van der Waals surface area contributed by atoms with Gasteiger partial charge in [-0.3, -0.25) is 9.59 Å². The fraction of sp³-hybridized carbons (Fsp3) is 0.269. The van der Waals surface area contributed by atoms with Crippen molar-refractivity contribution in [3.05, 3.63) is 87.9 Å². The lowest BCUT2D eigenvalue weighted by Crippen LogP contribution is -2.43. The van der Waals surface area contributed by atoms with Gasteiger partial charge in [-0.2, -0.15) is 5.10 Å². The second kappa shape index (κ2) is 11.2. The molecule has 2 amide bonds. The third kappa shape index (κ3) is 5.41. The number of halogens is 1. The van der Waals surface area contributed by atoms with Crippen molar-refractivity contribution >= 4 is 28.9 Å². The number of para-hydroxylation sites is 1. The Balaban J connectivity index is 1.64. The van der Waals surface area contributed by atoms with E-state index in [1.54, 1.807) is 24.5 Å². The first kappa shape index (κ1) is 24.6. The van der Waals surface area contributed by atoms with Crippen molar-refractivity contribution in [1.82, 2.24) is 9.91 Å². The summed E-state index contributed by atoms with van der Waals surface area (Å²) in [5.41, 5.74) is 1.51. The summed E-state index contributed by atoms with van der Waals surface area (Å²) in [6, 6.07) is 16.7. The van der Waals surface area contributed by atoms with Crippen molar-refractivity contribution in [2.45, 2.75) is 12.5 Å². The van der Waals surface area contributed by atoms with Gasteiger partial charge in [0, 0.05) is 25.6 Å². The Hall–Kier alpha value is -3.56. The van der Waals surface area contributed by atoms with Crippen LogP contribution in [0.5, 0.6) is 5.75 Å². The second-order valence-electron chi connectivity index (χ2n) is 7.92. The fourth-order valence-electron chi connectivity index (χ4n) is 4.01. The number of carbonyl (C=O) groups excluding carboxylic acids is 2. The predicted molar refractivity (Wildman–Crippen MR) is 132 cm³/mol. The molecule has 3 aromatic rings. The molecule has 0 aliphatic carbocycles. The molecule has 9 heteroatoms. The van der Waals surface area contributed by atoms with E-state index in [4.69, 9.17) is 9.47 Å². The van der Waals surface area contributed by atoms with Gasteiger partial charge < -0.3 is 14.4 Å². The maximum Gasteiger partial charge on any atom is 0.262 e. The normalized spacial score (nSPS) is 15.1. The van der Waals surface area contributed by atoms with E-state index in [-0.39, 0.29) is 31.2 Å². The highest BCUT2D eigenvalue weighted by atomic mass is 32.1. The molecule has 0 saturated carbocycles. The summed E-state index contributed by atoms with van der Waals surface area (Å²) in [6.45, 7) is 0.0561. The maximum absolute atomic E-state index is 14.3. The molecule has 0 saturated heterocycles. The molecular formula is C26H26FN3O4S. The quantitative estimate of drug-likeness (QED) is 0.442. The van der Waals surface area contributed by atoms with Crippen LogP contribution in [-0.4, -0.2) is 61.4 Å². The zero-order valence-electron chi connectivity index (χ0n) is 19.5. The maximum atomic E-state index is 14.3. The van der Waals surface area contributed by atoms with Crippen molar-refractivity contribution in [3.8, 4) is 5.75 Å². The number of benzene rings is 2. The molecule has 1 aromatic heterocycles. The minimum absolute atomic E-state index is 0.0955. The molecule has 182 valence electrons. The van der Waals surface area contributed by atoms with Crippen LogP contribution in [0.15, 0.2) is 71.1 Å². The molecule has 2 aromatic carbocycles. The van der Waals surface area contributed by atoms with Gasteiger partial charge in [0.1, 0.15) is 18.1 Å². The highest BCUT2D eigenvalue weighted by Gasteiger charge is 2.36. The number of ether oxygens (including phenoxy) is 2. The van der Waals surface area contributed by atoms with E-state index >= 15 is 0 Å². The Morgan fingerprint density at radius 1 is 1.11 bits per heavy atom. The highest BCUT2D eigenvalue weighted by Crippen LogP contribution is 2.38. The van der Waals surface area contributed by atoms with Crippen LogP contribution in [-0.2, 0) is 9.53 Å². The summed E-state index contributed by atoms with van der Waals surface area (Å²) in [7, 11) is 3.09. The van der Waals surface area contributed by atoms with E-state index in [0.717, 1.165) is 16.2 Å². The van der Waals surface area contributed by atoms with Crippen LogP contribution in [0.4, 0.5) is 4.39 Å². The molecule has 1 aliphatic heterocycles. The molecule has 2 heterocycles. The van der Waals surface area contributed by atoms with Crippen LogP contribution < -0.4 is 4.74 Å². The molecule has 0 spiro atoms. The first-order chi connectivity index (χ1) is 17.0. The Labute approximate surface area is 207 Å². The van der Waals surface area contributed by atoms with E-state index in [0.29, 0.717) is 12.2 Å². The molecule has 1 atom stereocenters. The van der Waals surface area contributed by atoms with Gasteiger partial charge in [0.15, 0.2) is 0 Å². The lowest BCUT2D eigenvalue weighted by Gasteiger charge is -2.27. The van der Waals surface area contributed by atoms with E-state index in [9.17, 15) is 14.0 Å². The van der Waals surface area contributed by atoms with E-state index in [2.05, 4.69) is 5.10 Å². The summed E-state index contributed by atoms with van der Waals surface area (Å²) in [4.78, 5) is 29.0. The number of amides is 2. The van der Waals surface area contributed by atoms with Crippen LogP contribution in [0.1, 0.15) is 33.3 Å². The van der Waals surface area contributed by atoms with E-state index < -0.39 is 17.8 Å². The summed E-state index contributed by atoms with van der Waals surface area (Å²) in [6.07, 6.45) is 0.506. The number of nitrogens with zero attached hydrogens (tertiary/aromatic N) is 3. The van der Waals surface area contributed by atoms with Gasteiger partial charge in [-0.15, -0.1) is 11.3 Å². The molecule has 0 fully saturated rings. The topological polar surface area (TPSA) is 71.4 Å². The fourth-order valence-corrected chi connectivity index (χ4v) is 4.73. The third-order valence-corrected chi connectivity index (χ3v) is 6.67. The summed E-state index contributed by atoms with van der Waals surface area (Å²) < 4.78 is 25.0. The van der Waals surface area contributed by atoms with E-state index in [1.165, 1.54) is 35.2 Å². The average Bonchev–Trinajstić information content (AvgIpc) is 3.57. The van der Waals surface area contributed by atoms with Gasteiger partial charge in [-0.1, -0.05) is 36.4 Å². The Kier molecular flexibility index (Phi) is 7.89. The van der Waals surface area contributed by atoms with Gasteiger partial charge in [-0.05, 0) is 29.6 Å². The number of hydrogen-bond acceptors (Lipinski definition) is 6. The van der Waals surface area contributed by atoms with Crippen molar-refractivity contribution in [2.75, 3.05) is 33.9 Å². The molecule has 0 bridgehead atoms. The van der Waals surface area contributed by atoms with Gasteiger partial charge in [0.25, 0.3) is 11.8 Å². The molecule has 0 radical (unpaired) electrons. The van der Waals surface area contributed by atoms with Crippen LogP contribution >= 0.6 is 11.3 Å². The van der Waals surface area contributed by atoms with Gasteiger partial charge in [0.05, 0.1) is 35.9 Å². The average molecular weight is 496 g/mol. The number of rotatable bonds is 9. The molecule has 35 heavy (non-hydrogen) atoms. The largest absolute Gasteiger partial charge is 0.496 e. The van der Waals surface area contributed by atoms with Crippen molar-refractivity contribution in [3.63, 3.8) is 0 Å². The Morgan fingerprint density at radius 2 is 1.89 bits per heavy atom. The zero-order valence-corrected chi connectivity index (χ0v) is 20.3. The summed E-state index contributed by atoms with van der Waals surface area (Å²) >= 11 is 1.55. The minimum Gasteiger partial charge on any atom is -0.496 e. The molecule has 4 rings (SSSR count). The second-order valence-corrected chi connectivity index (χ2v) is 8.87. The van der Waals surface area contributed by atoms with E-state index in [1.807, 2.05) is 41.8 Å². The number of hydrogen-bond donors (Lipinski definition) is 0. The lowest BCUT2D eigenvalue weighted by molar-refractivity contribution is -0.133. The number of carbonyl (C=O) groups is 2. The van der Waals surface area contributed by atoms with Crippen LogP contribution in [0.25, 0.3) is 0 Å². The predicted octanol–water partition coefficient (Wildman–Crippen LogP) is 4.36. The molecule has 1 aliphatic rings. The van der Waals surface area contributed by atoms with Crippen molar-refractivity contribution in [2.24, 2.45) is 5.10 Å². The molecular weight excluding hydrogens is 469 g/mol. The molecule has 1 unspecified atom stereocenters. The summed E-state index contributed by atoms with van der Waals surface area (Å²) in [5, 5.41) is 8.03. The number of thiophene rings is 1. The van der Waals surface area contributed by atoms with Crippen molar-refractivity contribution < 1.29 is 23.5 Å². The SMILES string of the molecule is COCCN(CC(=O)N1N=C(c2cccs2)CC1c1ccccc1OC)C(=O)c1ccccc1F. The summed E-state index contributed by atoms with van der Waals surface area (Å²) in [5.74, 6) is -0.952. The van der Waals surface area contributed by atoms with Gasteiger partial charge in [0.2, 0.25) is 0 Å². The minimum atomic E-state index is -0.640. The van der Waals surface area contributed by atoms with Gasteiger partial charge >= 0.3 is 0 Å². The third-order valence-electron chi connectivity index (χ3n) is 5.75. The number of hydrazone groups is 1. The smallest absolute Gasteiger partial charge is 0.262 e. The lowest BCUT2D eigenvalue weighted by atomic mass is 10.00. The zero-order chi connectivity index (χ0) is 24.8. The number of methoxy groups -OCH3 is 2. The van der Waals surface area contributed by atoms with Crippen LogP contribution in [0.2, 0.25) is 0 Å². The van der Waals surface area contributed by atoms with Crippen LogP contribution in [0.3, 0.4) is 0 Å². The Morgan fingerprint density at radius 3 is 2.60 bits per heavy atom. The van der Waals surface area contributed by atoms with Gasteiger partial charge in [-0.25, -0.2) is 9.40 Å². The monoisotopic (exact) mass is 495 g/mol. The first-order valence-corrected chi connectivity index (χ1v) is 12.0.